The third-order valence-corrected chi connectivity index (χ3v) is 9.84. The molecule has 5 rings (SSSR count). The van der Waals surface area contributed by atoms with Crippen LogP contribution in [0.1, 0.15) is 59.3 Å². The molecule has 2 amide bonds. The summed E-state index contributed by atoms with van der Waals surface area (Å²) in [6.07, 6.45) is 5.46. The number of nitrogens with one attached hydrogen (secondary N) is 1. The number of amides is 2. The lowest BCUT2D eigenvalue weighted by Crippen LogP contribution is -2.99. The van der Waals surface area contributed by atoms with Crippen molar-refractivity contribution >= 4 is 11.8 Å². The molecule has 0 aromatic carbocycles. The first-order valence-electron chi connectivity index (χ1n) is 14.0. The number of carbonyl (C=O) groups is 2. The van der Waals surface area contributed by atoms with Crippen molar-refractivity contribution in [2.24, 2.45) is 29.6 Å². The number of hydrogen-bond donors (Lipinski definition) is 2. The summed E-state index contributed by atoms with van der Waals surface area (Å²) in [4.78, 5) is 29.0. The summed E-state index contributed by atoms with van der Waals surface area (Å²) in [5.74, 6) is 1.97. The van der Waals surface area contributed by atoms with Gasteiger partial charge in [-0.2, -0.15) is 0 Å². The summed E-state index contributed by atoms with van der Waals surface area (Å²) in [7, 11) is 3.48. The normalized spacial score (nSPS) is 43.4. The Morgan fingerprint density at radius 3 is 2.57 bits per heavy atom. The van der Waals surface area contributed by atoms with Gasteiger partial charge in [0.05, 0.1) is 36.8 Å². The van der Waals surface area contributed by atoms with E-state index in [1.165, 1.54) is 0 Å². The average molecular weight is 493 g/mol. The summed E-state index contributed by atoms with van der Waals surface area (Å²) in [6.45, 7) is 7.87. The summed E-state index contributed by atoms with van der Waals surface area (Å²) in [5.41, 5.74) is 0. The number of nitrogens with two attached hydrogens (primary N) is 1. The highest BCUT2D eigenvalue weighted by molar-refractivity contribution is 5.82. The van der Waals surface area contributed by atoms with Crippen LogP contribution in [0.3, 0.4) is 0 Å². The Morgan fingerprint density at radius 2 is 1.86 bits per heavy atom. The topological polar surface area (TPSA) is 93.7 Å². The van der Waals surface area contributed by atoms with E-state index in [1.807, 2.05) is 6.92 Å². The van der Waals surface area contributed by atoms with Crippen LogP contribution >= 0.6 is 0 Å². The van der Waals surface area contributed by atoms with Crippen molar-refractivity contribution in [3.8, 4) is 0 Å². The zero-order valence-corrected chi connectivity index (χ0v) is 22.2. The molecule has 0 spiro atoms. The molecule has 198 valence electrons. The second-order valence-electron chi connectivity index (χ2n) is 12.1. The first-order valence-corrected chi connectivity index (χ1v) is 14.0. The second-order valence-corrected chi connectivity index (χ2v) is 12.1. The van der Waals surface area contributed by atoms with E-state index < -0.39 is 6.10 Å². The molecule has 2 saturated carbocycles. The number of fused-ring (bicyclic) bond motifs is 5. The second kappa shape index (κ2) is 10.3. The molecule has 11 atom stereocenters. The highest BCUT2D eigenvalue weighted by atomic mass is 16.5. The number of quaternary nitrogens is 1. The number of ether oxygens (including phenoxy) is 3. The fourth-order valence-electron chi connectivity index (χ4n) is 8.43. The minimum Gasteiger partial charge on any atom is -0.379 e. The van der Waals surface area contributed by atoms with Gasteiger partial charge in [-0.25, -0.2) is 0 Å². The number of piperidine rings is 2. The predicted octanol–water partition coefficient (Wildman–Crippen LogP) is 0.934. The van der Waals surface area contributed by atoms with Crippen molar-refractivity contribution in [2.45, 2.75) is 102 Å². The number of hydrogen-bond acceptors (Lipinski definition) is 5. The summed E-state index contributed by atoms with van der Waals surface area (Å²) < 4.78 is 18.0. The standard InChI is InChI=1S/C27H45N3O5/c1-14(2)13-29-26(31)15(3)35-16-6-8-20-19(12-16)17-10-11-28-23-18-7-9-21(33-4)25(34-5)22(18)27(32)30(20)24(17)23/h14-25,28H,6-13H2,1-5H3,(H,29,31)/p+1. The van der Waals surface area contributed by atoms with E-state index in [-0.39, 0.29) is 36.2 Å². The Labute approximate surface area is 210 Å². The number of methoxy groups -OCH3 is 2. The van der Waals surface area contributed by atoms with Gasteiger partial charge in [-0.3, -0.25) is 9.59 Å². The van der Waals surface area contributed by atoms with Gasteiger partial charge in [0.25, 0.3) is 0 Å². The van der Waals surface area contributed by atoms with Gasteiger partial charge in [-0.05, 0) is 56.8 Å². The highest BCUT2D eigenvalue weighted by Crippen LogP contribution is 2.53. The van der Waals surface area contributed by atoms with E-state index in [0.717, 1.165) is 45.1 Å². The predicted molar refractivity (Wildman–Crippen MR) is 130 cm³/mol. The van der Waals surface area contributed by atoms with Crippen molar-refractivity contribution in [2.75, 3.05) is 27.3 Å². The van der Waals surface area contributed by atoms with Gasteiger partial charge in [-0.1, -0.05) is 13.8 Å². The van der Waals surface area contributed by atoms with Crippen LogP contribution in [0.2, 0.25) is 0 Å². The molecule has 8 nitrogen and oxygen atoms in total. The van der Waals surface area contributed by atoms with Crippen molar-refractivity contribution in [3.63, 3.8) is 0 Å². The van der Waals surface area contributed by atoms with E-state index in [1.54, 1.807) is 14.2 Å². The zero-order valence-electron chi connectivity index (χ0n) is 22.2. The van der Waals surface area contributed by atoms with Gasteiger partial charge in [0.1, 0.15) is 12.1 Å². The quantitative estimate of drug-likeness (QED) is 0.552. The van der Waals surface area contributed by atoms with E-state index in [2.05, 4.69) is 29.4 Å². The molecule has 8 heteroatoms. The minimum atomic E-state index is -0.440. The van der Waals surface area contributed by atoms with Gasteiger partial charge in [0.15, 0.2) is 0 Å². The number of rotatable bonds is 7. The monoisotopic (exact) mass is 492 g/mol. The Hall–Kier alpha value is -1.22. The Morgan fingerprint density at radius 1 is 1.06 bits per heavy atom. The minimum absolute atomic E-state index is 0.00740. The molecule has 3 N–H and O–H groups in total. The van der Waals surface area contributed by atoms with Gasteiger partial charge >= 0.3 is 0 Å². The fourth-order valence-corrected chi connectivity index (χ4v) is 8.43. The molecule has 5 aliphatic rings. The Kier molecular flexibility index (Phi) is 7.46. The largest absolute Gasteiger partial charge is 0.379 e. The van der Waals surface area contributed by atoms with E-state index in [9.17, 15) is 9.59 Å². The lowest BCUT2D eigenvalue weighted by Gasteiger charge is -2.53. The Bertz CT molecular complexity index is 793. The number of carbonyl (C=O) groups excluding carboxylic acids is 2. The van der Waals surface area contributed by atoms with E-state index >= 15 is 0 Å². The molecular weight excluding hydrogens is 446 g/mol. The summed E-state index contributed by atoms with van der Waals surface area (Å²) in [5, 5.41) is 5.53. The molecule has 5 fully saturated rings. The summed E-state index contributed by atoms with van der Waals surface area (Å²) >= 11 is 0. The zero-order chi connectivity index (χ0) is 24.9. The van der Waals surface area contributed by atoms with E-state index in [4.69, 9.17) is 14.2 Å². The molecule has 0 aromatic heterocycles. The molecular formula is C27H46N3O5+. The Balaban J connectivity index is 1.32. The van der Waals surface area contributed by atoms with Gasteiger partial charge < -0.3 is 29.7 Å². The van der Waals surface area contributed by atoms with Crippen LogP contribution in [0, 0.1) is 29.6 Å². The van der Waals surface area contributed by atoms with Crippen LogP contribution < -0.4 is 10.6 Å². The maximum Gasteiger partial charge on any atom is 0.248 e. The molecule has 3 aliphatic heterocycles. The smallest absolute Gasteiger partial charge is 0.248 e. The molecule has 0 bridgehead atoms. The maximum absolute atomic E-state index is 14.1. The van der Waals surface area contributed by atoms with Crippen molar-refractivity contribution in [1.29, 1.82) is 0 Å². The molecule has 2 aliphatic carbocycles. The molecule has 35 heavy (non-hydrogen) atoms. The lowest BCUT2D eigenvalue weighted by atomic mass is 9.64. The van der Waals surface area contributed by atoms with Crippen LogP contribution in [0.15, 0.2) is 0 Å². The molecule has 0 radical (unpaired) electrons. The van der Waals surface area contributed by atoms with Crippen LogP contribution in [0.4, 0.5) is 0 Å². The lowest BCUT2D eigenvalue weighted by molar-refractivity contribution is -0.713. The maximum atomic E-state index is 14.1. The first kappa shape index (κ1) is 25.4. The third kappa shape index (κ3) is 4.42. The van der Waals surface area contributed by atoms with Crippen LogP contribution in [0.25, 0.3) is 0 Å². The SMILES string of the molecule is COC1CCC2C3[NH2+]CCC4C5CC(OC(C)C(=O)NCC(C)C)CCC5N(C(=O)C2C1OC)C43. The average Bonchev–Trinajstić information content (AvgIpc) is 3.19. The van der Waals surface area contributed by atoms with Crippen molar-refractivity contribution in [1.82, 2.24) is 10.2 Å². The number of nitrogens with zero attached hydrogens (tertiary/aromatic N) is 1. The molecule has 11 unspecified atom stereocenters. The summed E-state index contributed by atoms with van der Waals surface area (Å²) in [6, 6.07) is 1.07. The van der Waals surface area contributed by atoms with Crippen LogP contribution in [-0.4, -0.2) is 86.6 Å². The first-order chi connectivity index (χ1) is 16.8. The van der Waals surface area contributed by atoms with Crippen molar-refractivity contribution < 1.29 is 29.1 Å². The fraction of sp³-hybridized carbons (Fsp3) is 0.926. The third-order valence-electron chi connectivity index (χ3n) is 9.84. The molecule has 3 heterocycles. The van der Waals surface area contributed by atoms with E-state index in [0.29, 0.717) is 48.2 Å². The van der Waals surface area contributed by atoms with Gasteiger partial charge in [-0.15, -0.1) is 0 Å². The van der Waals surface area contributed by atoms with Crippen molar-refractivity contribution in [3.05, 3.63) is 0 Å². The molecule has 3 saturated heterocycles. The highest BCUT2D eigenvalue weighted by Gasteiger charge is 2.66. The van der Waals surface area contributed by atoms with Crippen LogP contribution in [-0.2, 0) is 23.8 Å². The van der Waals surface area contributed by atoms with Gasteiger partial charge in [0.2, 0.25) is 11.8 Å². The van der Waals surface area contributed by atoms with Gasteiger partial charge in [0, 0.05) is 39.1 Å². The van der Waals surface area contributed by atoms with Crippen LogP contribution in [0.5, 0.6) is 0 Å². The molecule has 0 aromatic rings.